The summed E-state index contributed by atoms with van der Waals surface area (Å²) in [6, 6.07) is 15.7. The molecule has 0 bridgehead atoms. The quantitative estimate of drug-likeness (QED) is 0.317. The van der Waals surface area contributed by atoms with Gasteiger partial charge in [0, 0.05) is 24.9 Å². The standard InChI is InChI=1S/C32H32N4O7/c1-20(2)28(33)31(39)43-32(18-40-19-32)13-11-21-9-10-27-26(15-21)36(3)30(38)25(17-41-27)35-29(37)24-16-23(12-14-34-24)42-22-7-5-4-6-8-22/h4-10,12,14-16,20,25,28H,17-19,33H2,1-3H3,(H,35,37)/t25-,28?/m0/s1. The Labute approximate surface area is 249 Å². The van der Waals surface area contributed by atoms with Crippen LogP contribution in [0.25, 0.3) is 0 Å². The van der Waals surface area contributed by atoms with E-state index in [1.54, 1.807) is 43.4 Å². The van der Waals surface area contributed by atoms with Gasteiger partial charge in [-0.2, -0.15) is 0 Å². The first kappa shape index (κ1) is 29.6. The number of pyridine rings is 1. The molecule has 2 amide bonds. The summed E-state index contributed by atoms with van der Waals surface area (Å²) in [6.45, 7) is 3.87. The maximum absolute atomic E-state index is 13.4. The number of nitrogens with one attached hydrogen (secondary N) is 1. The summed E-state index contributed by atoms with van der Waals surface area (Å²) in [5.74, 6) is 5.97. The minimum atomic E-state index is -1.08. The van der Waals surface area contributed by atoms with E-state index in [2.05, 4.69) is 22.1 Å². The lowest BCUT2D eigenvalue weighted by molar-refractivity contribution is -0.194. The number of hydrogen-bond donors (Lipinski definition) is 2. The first-order valence-electron chi connectivity index (χ1n) is 13.8. The number of fused-ring (bicyclic) bond motifs is 1. The highest BCUT2D eigenvalue weighted by Crippen LogP contribution is 2.32. The Balaban J connectivity index is 1.27. The lowest BCUT2D eigenvalue weighted by atomic mass is 10.0. The molecule has 222 valence electrons. The van der Waals surface area contributed by atoms with Gasteiger partial charge in [-0.1, -0.05) is 38.0 Å². The number of carbonyl (C=O) groups excluding carboxylic acids is 3. The predicted octanol–water partition coefficient (Wildman–Crippen LogP) is 2.67. The number of nitrogens with two attached hydrogens (primary N) is 1. The number of amides is 2. The largest absolute Gasteiger partial charge is 0.489 e. The highest BCUT2D eigenvalue weighted by Gasteiger charge is 2.42. The summed E-state index contributed by atoms with van der Waals surface area (Å²) in [4.78, 5) is 44.4. The molecule has 2 aliphatic rings. The van der Waals surface area contributed by atoms with Crippen molar-refractivity contribution >= 4 is 23.5 Å². The van der Waals surface area contributed by atoms with Gasteiger partial charge in [0.05, 0.1) is 5.69 Å². The van der Waals surface area contributed by atoms with Gasteiger partial charge < -0.3 is 34.9 Å². The second-order valence-electron chi connectivity index (χ2n) is 10.6. The zero-order valence-electron chi connectivity index (χ0n) is 24.0. The third-order valence-electron chi connectivity index (χ3n) is 6.99. The molecule has 1 saturated heterocycles. The Morgan fingerprint density at radius 1 is 1.12 bits per heavy atom. The van der Waals surface area contributed by atoms with Crippen LogP contribution in [-0.2, 0) is 19.1 Å². The third-order valence-corrected chi connectivity index (χ3v) is 6.99. The molecule has 0 saturated carbocycles. The van der Waals surface area contributed by atoms with E-state index in [1.807, 2.05) is 32.0 Å². The predicted molar refractivity (Wildman–Crippen MR) is 157 cm³/mol. The van der Waals surface area contributed by atoms with Gasteiger partial charge in [-0.3, -0.25) is 19.4 Å². The number of hydrogen-bond acceptors (Lipinski definition) is 9. The summed E-state index contributed by atoms with van der Waals surface area (Å²) >= 11 is 0. The second-order valence-corrected chi connectivity index (χ2v) is 10.6. The lowest BCUT2D eigenvalue weighted by Crippen LogP contribution is -2.54. The minimum Gasteiger partial charge on any atom is -0.489 e. The van der Waals surface area contributed by atoms with E-state index in [0.717, 1.165) is 0 Å². The smallest absolute Gasteiger partial charge is 0.324 e. The average Bonchev–Trinajstić information content (AvgIpc) is 3.10. The van der Waals surface area contributed by atoms with Crippen LogP contribution >= 0.6 is 0 Å². The van der Waals surface area contributed by atoms with Crippen molar-refractivity contribution < 1.29 is 33.3 Å². The van der Waals surface area contributed by atoms with Crippen molar-refractivity contribution in [3.8, 4) is 29.1 Å². The normalized spacial score (nSPS) is 17.7. The number of esters is 1. The number of rotatable bonds is 7. The van der Waals surface area contributed by atoms with Crippen LogP contribution in [0.2, 0.25) is 0 Å². The van der Waals surface area contributed by atoms with Crippen LogP contribution in [0.3, 0.4) is 0 Å². The molecule has 11 heteroatoms. The summed E-state index contributed by atoms with van der Waals surface area (Å²) in [6.07, 6.45) is 1.46. The van der Waals surface area contributed by atoms with Crippen molar-refractivity contribution in [3.63, 3.8) is 0 Å². The van der Waals surface area contributed by atoms with Crippen LogP contribution < -0.4 is 25.4 Å². The van der Waals surface area contributed by atoms with Crippen molar-refractivity contribution in [2.45, 2.75) is 31.5 Å². The van der Waals surface area contributed by atoms with Gasteiger partial charge >= 0.3 is 5.97 Å². The number of anilines is 1. The van der Waals surface area contributed by atoms with Crippen molar-refractivity contribution in [3.05, 3.63) is 78.1 Å². The molecule has 3 heterocycles. The molecule has 43 heavy (non-hydrogen) atoms. The van der Waals surface area contributed by atoms with Crippen LogP contribution in [0.15, 0.2) is 66.9 Å². The number of aromatic nitrogens is 1. The number of carbonyl (C=O) groups is 3. The van der Waals surface area contributed by atoms with Crippen LogP contribution in [0.1, 0.15) is 29.9 Å². The van der Waals surface area contributed by atoms with Gasteiger partial charge in [-0.25, -0.2) is 0 Å². The van der Waals surface area contributed by atoms with Gasteiger partial charge in [0.25, 0.3) is 11.8 Å². The number of ether oxygens (including phenoxy) is 4. The molecule has 0 radical (unpaired) electrons. The lowest BCUT2D eigenvalue weighted by Gasteiger charge is -2.37. The van der Waals surface area contributed by atoms with E-state index in [4.69, 9.17) is 24.7 Å². The maximum atomic E-state index is 13.4. The van der Waals surface area contributed by atoms with Gasteiger partial charge in [0.2, 0.25) is 5.60 Å². The van der Waals surface area contributed by atoms with E-state index in [0.29, 0.717) is 28.5 Å². The van der Waals surface area contributed by atoms with Crippen LogP contribution in [0.4, 0.5) is 5.69 Å². The second kappa shape index (κ2) is 12.5. The topological polar surface area (TPSA) is 142 Å². The number of likely N-dealkylation sites (N-methyl/N-ethyl adjacent to an activating group) is 1. The molecule has 3 N–H and O–H groups in total. The number of nitrogens with zero attached hydrogens (tertiary/aromatic N) is 2. The number of para-hydroxylation sites is 1. The molecular weight excluding hydrogens is 552 g/mol. The summed E-state index contributed by atoms with van der Waals surface area (Å²) in [7, 11) is 1.59. The van der Waals surface area contributed by atoms with Crippen molar-refractivity contribution in [1.29, 1.82) is 0 Å². The van der Waals surface area contributed by atoms with E-state index in [-0.39, 0.29) is 37.3 Å². The maximum Gasteiger partial charge on any atom is 0.324 e. The molecule has 0 spiro atoms. The van der Waals surface area contributed by atoms with Crippen LogP contribution in [0, 0.1) is 17.8 Å². The molecule has 2 aliphatic heterocycles. The third kappa shape index (κ3) is 6.77. The number of benzene rings is 2. The molecule has 2 atom stereocenters. The van der Waals surface area contributed by atoms with Gasteiger partial charge in [0.1, 0.15) is 54.8 Å². The highest BCUT2D eigenvalue weighted by atomic mass is 16.6. The Morgan fingerprint density at radius 3 is 2.58 bits per heavy atom. The molecule has 1 unspecified atom stereocenters. The van der Waals surface area contributed by atoms with Crippen molar-refractivity contribution in [1.82, 2.24) is 10.3 Å². The zero-order valence-corrected chi connectivity index (χ0v) is 24.0. The van der Waals surface area contributed by atoms with Gasteiger partial charge in [0.15, 0.2) is 0 Å². The monoisotopic (exact) mass is 584 g/mol. The molecule has 5 rings (SSSR count). The van der Waals surface area contributed by atoms with E-state index in [1.165, 1.54) is 17.2 Å². The fourth-order valence-corrected chi connectivity index (χ4v) is 4.30. The minimum absolute atomic E-state index is 0.0835. The molecule has 1 aromatic heterocycles. The molecular formula is C32H32N4O7. The summed E-state index contributed by atoms with van der Waals surface area (Å²) in [5.41, 5.74) is 5.98. The molecule has 2 aromatic carbocycles. The average molecular weight is 585 g/mol. The fourth-order valence-electron chi connectivity index (χ4n) is 4.30. The Morgan fingerprint density at radius 2 is 1.88 bits per heavy atom. The molecule has 3 aromatic rings. The van der Waals surface area contributed by atoms with Crippen LogP contribution in [-0.4, -0.2) is 67.3 Å². The summed E-state index contributed by atoms with van der Waals surface area (Å²) in [5, 5.41) is 2.72. The SMILES string of the molecule is CC(C)C(N)C(=O)OC1(C#Cc2ccc3c(c2)N(C)C(=O)[C@@H](NC(=O)c2cc(Oc4ccccc4)ccn2)CO3)COC1. The van der Waals surface area contributed by atoms with Crippen molar-refractivity contribution in [2.24, 2.45) is 11.7 Å². The van der Waals surface area contributed by atoms with Gasteiger partial charge in [-0.15, -0.1) is 0 Å². The Bertz CT molecular complexity index is 1580. The highest BCUT2D eigenvalue weighted by molar-refractivity contribution is 6.03. The van der Waals surface area contributed by atoms with Crippen LogP contribution in [0.5, 0.6) is 17.2 Å². The molecule has 11 nitrogen and oxygen atoms in total. The molecule has 1 fully saturated rings. The van der Waals surface area contributed by atoms with Crippen molar-refractivity contribution in [2.75, 3.05) is 31.8 Å². The van der Waals surface area contributed by atoms with E-state index < -0.39 is 29.6 Å². The van der Waals surface area contributed by atoms with E-state index >= 15 is 0 Å². The molecule has 0 aliphatic carbocycles. The first-order chi connectivity index (χ1) is 20.6. The van der Waals surface area contributed by atoms with E-state index in [9.17, 15) is 14.4 Å². The van der Waals surface area contributed by atoms with Gasteiger partial charge in [-0.05, 0) is 48.2 Å². The first-order valence-corrected chi connectivity index (χ1v) is 13.8. The Hall–Kier alpha value is -4.92. The zero-order chi connectivity index (χ0) is 30.6. The summed E-state index contributed by atoms with van der Waals surface area (Å²) < 4.78 is 22.6. The fraction of sp³-hybridized carbons (Fsp3) is 0.312. The Kier molecular flexibility index (Phi) is 8.61.